The van der Waals surface area contributed by atoms with Crippen LogP contribution in [0.2, 0.25) is 5.02 Å². The third-order valence-electron chi connectivity index (χ3n) is 4.46. The second-order valence-corrected chi connectivity index (χ2v) is 6.76. The fraction of sp³-hybridized carbons (Fsp3) is 0.389. The second kappa shape index (κ2) is 7.88. The smallest absolute Gasteiger partial charge is 0.325 e. The molecular weight excluding hydrogens is 354 g/mol. The van der Waals surface area contributed by atoms with Gasteiger partial charge in [-0.3, -0.25) is 13.9 Å². The largest absolute Gasteiger partial charge is 0.332 e. The zero-order valence-corrected chi connectivity index (χ0v) is 15.7. The lowest BCUT2D eigenvalue weighted by molar-refractivity contribution is 0.573. The van der Waals surface area contributed by atoms with Gasteiger partial charge >= 0.3 is 5.69 Å². The van der Waals surface area contributed by atoms with E-state index < -0.39 is 0 Å². The Kier molecular flexibility index (Phi) is 5.58. The van der Waals surface area contributed by atoms with E-state index >= 15 is 0 Å². The van der Waals surface area contributed by atoms with Crippen LogP contribution >= 0.6 is 11.6 Å². The molecule has 0 fully saturated rings. The van der Waals surface area contributed by atoms with Crippen LogP contribution in [0.3, 0.4) is 0 Å². The number of nitrogens with one attached hydrogen (secondary N) is 1. The molecule has 0 radical (unpaired) electrons. The molecule has 26 heavy (non-hydrogen) atoms. The van der Waals surface area contributed by atoms with E-state index in [1.54, 1.807) is 13.4 Å². The van der Waals surface area contributed by atoms with Gasteiger partial charge in [0, 0.05) is 32.2 Å². The molecule has 0 bridgehead atoms. The Hall–Kier alpha value is -2.38. The summed E-state index contributed by atoms with van der Waals surface area (Å²) in [4.78, 5) is 28.5. The van der Waals surface area contributed by atoms with Crippen molar-refractivity contribution in [1.29, 1.82) is 0 Å². The van der Waals surface area contributed by atoms with Crippen LogP contribution in [-0.2, 0) is 27.2 Å². The first-order chi connectivity index (χ1) is 12.5. The quantitative estimate of drug-likeness (QED) is 0.637. The number of imidazole rings is 1. The van der Waals surface area contributed by atoms with Crippen molar-refractivity contribution in [3.05, 3.63) is 62.0 Å². The molecule has 0 aliphatic heterocycles. The highest BCUT2D eigenvalue weighted by Gasteiger charge is 2.13. The molecule has 0 saturated heterocycles. The second-order valence-electron chi connectivity index (χ2n) is 6.33. The zero-order valence-electron chi connectivity index (χ0n) is 14.9. The first kappa shape index (κ1) is 18.4. The fourth-order valence-electron chi connectivity index (χ4n) is 2.93. The highest BCUT2D eigenvalue weighted by molar-refractivity contribution is 6.30. The Morgan fingerprint density at radius 1 is 1.08 bits per heavy atom. The summed E-state index contributed by atoms with van der Waals surface area (Å²) >= 11 is 5.87. The number of unbranched alkanes of at least 4 members (excludes halogenated alkanes) is 1. The van der Waals surface area contributed by atoms with E-state index in [1.165, 1.54) is 17.2 Å². The number of hydrogen-bond donors (Lipinski definition) is 1. The number of halogens is 1. The molecule has 3 aromatic rings. The molecule has 8 heteroatoms. The molecular formula is C18H22ClN5O2. The molecule has 0 atom stereocenters. The predicted molar refractivity (Wildman–Crippen MR) is 103 cm³/mol. The standard InChI is InChI=1S/C18H22ClN5O2/c1-22-16-15(17(25)23(2)18(22)26)24(12-21-16)10-4-3-9-20-11-13-5-7-14(19)8-6-13/h5-8,12,20H,3-4,9-11H2,1-2H3. The van der Waals surface area contributed by atoms with Gasteiger partial charge in [-0.15, -0.1) is 0 Å². The Balaban J connectivity index is 1.55. The van der Waals surface area contributed by atoms with Gasteiger partial charge in [0.25, 0.3) is 5.56 Å². The highest BCUT2D eigenvalue weighted by Crippen LogP contribution is 2.09. The molecule has 0 amide bonds. The van der Waals surface area contributed by atoms with E-state index in [1.807, 2.05) is 28.8 Å². The van der Waals surface area contributed by atoms with Crippen molar-refractivity contribution in [2.75, 3.05) is 6.54 Å². The Morgan fingerprint density at radius 3 is 2.54 bits per heavy atom. The molecule has 138 valence electrons. The molecule has 2 aromatic heterocycles. The third kappa shape index (κ3) is 3.73. The van der Waals surface area contributed by atoms with E-state index in [4.69, 9.17) is 11.6 Å². The number of aromatic nitrogens is 4. The predicted octanol–water partition coefficient (Wildman–Crippen LogP) is 1.66. The average molecular weight is 376 g/mol. The van der Waals surface area contributed by atoms with Crippen LogP contribution in [0.15, 0.2) is 40.2 Å². The van der Waals surface area contributed by atoms with E-state index in [0.29, 0.717) is 17.7 Å². The molecule has 0 aliphatic carbocycles. The van der Waals surface area contributed by atoms with Gasteiger partial charge in [0.2, 0.25) is 0 Å². The average Bonchev–Trinajstić information content (AvgIpc) is 3.06. The number of rotatable bonds is 7. The summed E-state index contributed by atoms with van der Waals surface area (Å²) < 4.78 is 4.35. The lowest BCUT2D eigenvalue weighted by atomic mass is 10.2. The van der Waals surface area contributed by atoms with Crippen LogP contribution < -0.4 is 16.6 Å². The summed E-state index contributed by atoms with van der Waals surface area (Å²) in [6.07, 6.45) is 3.51. The van der Waals surface area contributed by atoms with Gasteiger partial charge in [-0.25, -0.2) is 9.78 Å². The van der Waals surface area contributed by atoms with Gasteiger partial charge in [0.1, 0.15) is 0 Å². The minimum absolute atomic E-state index is 0.304. The minimum atomic E-state index is -0.362. The summed E-state index contributed by atoms with van der Waals surface area (Å²) in [5.41, 5.74) is 1.43. The normalized spacial score (nSPS) is 11.3. The lowest BCUT2D eigenvalue weighted by Gasteiger charge is -2.08. The zero-order chi connectivity index (χ0) is 18.7. The molecule has 7 nitrogen and oxygen atoms in total. The maximum atomic E-state index is 12.4. The SMILES string of the molecule is Cn1c(=O)c2c(ncn2CCCCNCc2ccc(Cl)cc2)n(C)c1=O. The molecule has 1 N–H and O–H groups in total. The van der Waals surface area contributed by atoms with Crippen molar-refractivity contribution < 1.29 is 0 Å². The highest BCUT2D eigenvalue weighted by atomic mass is 35.5. The van der Waals surface area contributed by atoms with E-state index in [0.717, 1.165) is 35.5 Å². The molecule has 0 unspecified atom stereocenters. The molecule has 0 saturated carbocycles. The van der Waals surface area contributed by atoms with Crippen molar-refractivity contribution in [3.63, 3.8) is 0 Å². The molecule has 3 rings (SSSR count). The molecule has 2 heterocycles. The van der Waals surface area contributed by atoms with E-state index in [-0.39, 0.29) is 11.2 Å². The van der Waals surface area contributed by atoms with Crippen molar-refractivity contribution in [2.45, 2.75) is 25.9 Å². The van der Waals surface area contributed by atoms with Crippen LogP contribution in [-0.4, -0.2) is 25.2 Å². The van der Waals surface area contributed by atoms with Gasteiger partial charge in [0.05, 0.1) is 6.33 Å². The number of nitrogens with zero attached hydrogens (tertiary/aromatic N) is 4. The monoisotopic (exact) mass is 375 g/mol. The topological polar surface area (TPSA) is 73.8 Å². The van der Waals surface area contributed by atoms with Crippen molar-refractivity contribution in [1.82, 2.24) is 24.0 Å². The first-order valence-corrected chi connectivity index (χ1v) is 8.93. The Labute approximate surface area is 155 Å². The number of aryl methyl sites for hydroxylation is 2. The van der Waals surface area contributed by atoms with Crippen LogP contribution in [0, 0.1) is 0 Å². The number of hydrogen-bond acceptors (Lipinski definition) is 4. The van der Waals surface area contributed by atoms with Crippen LogP contribution in [0.25, 0.3) is 11.2 Å². The third-order valence-corrected chi connectivity index (χ3v) is 4.71. The van der Waals surface area contributed by atoms with E-state index in [9.17, 15) is 9.59 Å². The lowest BCUT2D eigenvalue weighted by Crippen LogP contribution is -2.37. The Morgan fingerprint density at radius 2 is 1.81 bits per heavy atom. The summed E-state index contributed by atoms with van der Waals surface area (Å²) in [6, 6.07) is 7.78. The van der Waals surface area contributed by atoms with Gasteiger partial charge in [0.15, 0.2) is 11.2 Å². The first-order valence-electron chi connectivity index (χ1n) is 8.55. The molecule has 0 aliphatic rings. The maximum absolute atomic E-state index is 12.4. The molecule has 1 aromatic carbocycles. The number of benzene rings is 1. The van der Waals surface area contributed by atoms with Crippen molar-refractivity contribution in [3.8, 4) is 0 Å². The van der Waals surface area contributed by atoms with E-state index in [2.05, 4.69) is 10.3 Å². The van der Waals surface area contributed by atoms with Gasteiger partial charge < -0.3 is 9.88 Å². The summed E-state index contributed by atoms with van der Waals surface area (Å²) in [7, 11) is 3.12. The van der Waals surface area contributed by atoms with Gasteiger partial charge in [-0.05, 0) is 37.1 Å². The minimum Gasteiger partial charge on any atom is -0.325 e. The Bertz CT molecular complexity index is 1020. The summed E-state index contributed by atoms with van der Waals surface area (Å²) in [5.74, 6) is 0. The van der Waals surface area contributed by atoms with Gasteiger partial charge in [-0.2, -0.15) is 0 Å². The summed E-state index contributed by atoms with van der Waals surface area (Å²) in [5, 5.41) is 4.14. The molecule has 0 spiro atoms. The van der Waals surface area contributed by atoms with Crippen molar-refractivity contribution in [2.24, 2.45) is 14.1 Å². The fourth-order valence-corrected chi connectivity index (χ4v) is 3.06. The van der Waals surface area contributed by atoms with Crippen LogP contribution in [0.5, 0.6) is 0 Å². The maximum Gasteiger partial charge on any atom is 0.332 e. The van der Waals surface area contributed by atoms with Crippen LogP contribution in [0.1, 0.15) is 18.4 Å². The number of fused-ring (bicyclic) bond motifs is 1. The van der Waals surface area contributed by atoms with Gasteiger partial charge in [-0.1, -0.05) is 23.7 Å². The summed E-state index contributed by atoms with van der Waals surface area (Å²) in [6.45, 7) is 2.37. The van der Waals surface area contributed by atoms with Crippen LogP contribution in [0.4, 0.5) is 0 Å². The van der Waals surface area contributed by atoms with Crippen molar-refractivity contribution >= 4 is 22.8 Å².